The summed E-state index contributed by atoms with van der Waals surface area (Å²) in [5.41, 5.74) is 0. The second-order valence-corrected chi connectivity index (χ2v) is 3.93. The molecule has 0 aromatic carbocycles. The average molecular weight is 139 g/mol. The molecule has 1 heteroatoms. The molecule has 1 saturated carbocycles. The maximum atomic E-state index is 3.59. The lowest BCUT2D eigenvalue weighted by Gasteiger charge is -2.14. The third-order valence-corrected chi connectivity index (χ3v) is 3.06. The van der Waals surface area contributed by atoms with Crippen molar-refractivity contribution in [3.8, 4) is 0 Å². The smallest absolute Gasteiger partial charge is 0.0102 e. The first-order valence-electron chi connectivity index (χ1n) is 4.61. The Labute approximate surface area is 63.2 Å². The van der Waals surface area contributed by atoms with Crippen molar-refractivity contribution in [2.24, 2.45) is 11.8 Å². The highest BCUT2D eigenvalue weighted by molar-refractivity contribution is 4.96. The summed E-state index contributed by atoms with van der Waals surface area (Å²) in [7, 11) is 0. The van der Waals surface area contributed by atoms with Crippen LogP contribution in [0.5, 0.6) is 0 Å². The van der Waals surface area contributed by atoms with E-state index in [9.17, 15) is 0 Å². The van der Waals surface area contributed by atoms with Gasteiger partial charge in [0.05, 0.1) is 0 Å². The minimum atomic E-state index is 0.912. The third-order valence-electron chi connectivity index (χ3n) is 3.06. The van der Waals surface area contributed by atoms with Crippen molar-refractivity contribution in [1.82, 2.24) is 5.32 Å². The van der Waals surface area contributed by atoms with E-state index in [1.54, 1.807) is 0 Å². The monoisotopic (exact) mass is 139 g/mol. The van der Waals surface area contributed by atoms with E-state index in [1.165, 1.54) is 32.2 Å². The third kappa shape index (κ3) is 1.20. The van der Waals surface area contributed by atoms with E-state index >= 15 is 0 Å². The van der Waals surface area contributed by atoms with Gasteiger partial charge in [-0.3, -0.25) is 0 Å². The molecular weight excluding hydrogens is 122 g/mol. The molecule has 0 radical (unpaired) electrons. The van der Waals surface area contributed by atoms with Crippen molar-refractivity contribution in [3.05, 3.63) is 0 Å². The molecule has 1 nitrogen and oxygen atoms in total. The molecule has 1 heterocycles. The van der Waals surface area contributed by atoms with Crippen molar-refractivity contribution in [2.45, 2.75) is 38.6 Å². The van der Waals surface area contributed by atoms with Crippen LogP contribution >= 0.6 is 0 Å². The van der Waals surface area contributed by atoms with Crippen molar-refractivity contribution < 1.29 is 0 Å². The molecule has 0 bridgehead atoms. The molecule has 2 unspecified atom stereocenters. The van der Waals surface area contributed by atoms with Crippen LogP contribution in [0.1, 0.15) is 32.6 Å². The number of hydrogen-bond acceptors (Lipinski definition) is 1. The predicted molar refractivity (Wildman–Crippen MR) is 42.9 cm³/mol. The van der Waals surface area contributed by atoms with Crippen molar-refractivity contribution in [1.29, 1.82) is 0 Å². The van der Waals surface area contributed by atoms with Gasteiger partial charge in [-0.1, -0.05) is 19.8 Å². The zero-order valence-corrected chi connectivity index (χ0v) is 6.77. The molecule has 2 aliphatic rings. The Balaban J connectivity index is 1.88. The highest BCUT2D eigenvalue weighted by Gasteiger charge is 2.40. The van der Waals surface area contributed by atoms with Crippen LogP contribution < -0.4 is 5.32 Å². The van der Waals surface area contributed by atoms with Gasteiger partial charge in [-0.2, -0.15) is 0 Å². The SMILES string of the molecule is C[C@H]1CCCCNC2CC21. The van der Waals surface area contributed by atoms with Gasteiger partial charge in [0.15, 0.2) is 0 Å². The fourth-order valence-corrected chi connectivity index (χ4v) is 2.17. The number of rotatable bonds is 0. The standard InChI is InChI=1S/C9H17N/c1-7-4-2-3-5-10-9-6-8(7)9/h7-10H,2-6H2,1H3/t7-,8?,9?/m0/s1. The minimum absolute atomic E-state index is 0.912. The van der Waals surface area contributed by atoms with Crippen LogP contribution in [-0.2, 0) is 0 Å². The van der Waals surface area contributed by atoms with Crippen molar-refractivity contribution in [3.63, 3.8) is 0 Å². The number of fused-ring (bicyclic) bond motifs is 1. The van der Waals surface area contributed by atoms with Gasteiger partial charge in [0.25, 0.3) is 0 Å². The van der Waals surface area contributed by atoms with Crippen molar-refractivity contribution >= 4 is 0 Å². The fourth-order valence-electron chi connectivity index (χ4n) is 2.17. The highest BCUT2D eigenvalue weighted by atomic mass is 15.0. The van der Waals surface area contributed by atoms with Crippen LogP contribution in [0.25, 0.3) is 0 Å². The maximum Gasteiger partial charge on any atom is 0.0102 e. The summed E-state index contributed by atoms with van der Waals surface area (Å²) in [4.78, 5) is 0. The zero-order chi connectivity index (χ0) is 6.97. The Kier molecular flexibility index (Phi) is 1.69. The molecule has 0 spiro atoms. The Morgan fingerprint density at radius 2 is 2.20 bits per heavy atom. The molecular formula is C9H17N. The van der Waals surface area contributed by atoms with E-state index in [1.807, 2.05) is 0 Å². The van der Waals surface area contributed by atoms with Crippen LogP contribution in [0, 0.1) is 11.8 Å². The average Bonchev–Trinajstić information content (AvgIpc) is 2.62. The summed E-state index contributed by atoms with van der Waals surface area (Å²) < 4.78 is 0. The van der Waals surface area contributed by atoms with E-state index in [0.29, 0.717) is 0 Å². The molecule has 58 valence electrons. The van der Waals surface area contributed by atoms with E-state index in [-0.39, 0.29) is 0 Å². The summed E-state index contributed by atoms with van der Waals surface area (Å²) >= 11 is 0. The normalized spacial score (nSPS) is 47.1. The molecule has 0 aromatic rings. The van der Waals surface area contributed by atoms with Crippen LogP contribution in [-0.4, -0.2) is 12.6 Å². The molecule has 1 aliphatic carbocycles. The Bertz CT molecular complexity index is 122. The lowest BCUT2D eigenvalue weighted by atomic mass is 9.97. The molecule has 1 N–H and O–H groups in total. The fraction of sp³-hybridized carbons (Fsp3) is 1.00. The molecule has 1 saturated heterocycles. The van der Waals surface area contributed by atoms with Gasteiger partial charge in [-0.25, -0.2) is 0 Å². The maximum absolute atomic E-state index is 3.59. The van der Waals surface area contributed by atoms with Gasteiger partial charge in [-0.15, -0.1) is 0 Å². The number of nitrogens with one attached hydrogen (secondary N) is 1. The lowest BCUT2D eigenvalue weighted by molar-refractivity contribution is 0.396. The lowest BCUT2D eigenvalue weighted by Crippen LogP contribution is -2.23. The van der Waals surface area contributed by atoms with Crippen LogP contribution in [0.4, 0.5) is 0 Å². The van der Waals surface area contributed by atoms with Crippen LogP contribution in [0.15, 0.2) is 0 Å². The minimum Gasteiger partial charge on any atom is -0.314 e. The topological polar surface area (TPSA) is 12.0 Å². The molecule has 2 rings (SSSR count). The Morgan fingerprint density at radius 3 is 3.10 bits per heavy atom. The first-order chi connectivity index (χ1) is 4.88. The quantitative estimate of drug-likeness (QED) is 0.539. The summed E-state index contributed by atoms with van der Waals surface area (Å²) in [5, 5.41) is 3.59. The second kappa shape index (κ2) is 2.54. The molecule has 0 aromatic heterocycles. The van der Waals surface area contributed by atoms with Gasteiger partial charge in [0.1, 0.15) is 0 Å². The van der Waals surface area contributed by atoms with E-state index in [4.69, 9.17) is 0 Å². The first-order valence-corrected chi connectivity index (χ1v) is 4.61. The highest BCUT2D eigenvalue weighted by Crippen LogP contribution is 2.40. The Morgan fingerprint density at radius 1 is 1.30 bits per heavy atom. The Hall–Kier alpha value is -0.0400. The second-order valence-electron chi connectivity index (χ2n) is 3.93. The summed E-state index contributed by atoms with van der Waals surface area (Å²) in [5.74, 6) is 2.04. The first kappa shape index (κ1) is 6.66. The van der Waals surface area contributed by atoms with E-state index in [0.717, 1.165) is 17.9 Å². The van der Waals surface area contributed by atoms with Gasteiger partial charge in [-0.05, 0) is 31.2 Å². The van der Waals surface area contributed by atoms with Crippen LogP contribution in [0.2, 0.25) is 0 Å². The van der Waals surface area contributed by atoms with Crippen LogP contribution in [0.3, 0.4) is 0 Å². The molecule has 0 amide bonds. The van der Waals surface area contributed by atoms with Gasteiger partial charge >= 0.3 is 0 Å². The summed E-state index contributed by atoms with van der Waals surface area (Å²) in [6.07, 6.45) is 5.77. The molecule has 1 aliphatic heterocycles. The summed E-state index contributed by atoms with van der Waals surface area (Å²) in [6, 6.07) is 0.912. The predicted octanol–water partition coefficient (Wildman–Crippen LogP) is 1.78. The molecule has 3 atom stereocenters. The number of hydrogen-bond donors (Lipinski definition) is 1. The van der Waals surface area contributed by atoms with Gasteiger partial charge in [0, 0.05) is 6.04 Å². The zero-order valence-electron chi connectivity index (χ0n) is 6.77. The van der Waals surface area contributed by atoms with Crippen molar-refractivity contribution in [2.75, 3.05) is 6.54 Å². The van der Waals surface area contributed by atoms with Gasteiger partial charge in [0.2, 0.25) is 0 Å². The molecule has 2 fully saturated rings. The molecule has 10 heavy (non-hydrogen) atoms. The van der Waals surface area contributed by atoms with E-state index < -0.39 is 0 Å². The largest absolute Gasteiger partial charge is 0.314 e. The summed E-state index contributed by atoms with van der Waals surface area (Å²) in [6.45, 7) is 3.69. The van der Waals surface area contributed by atoms with Gasteiger partial charge < -0.3 is 5.32 Å². The van der Waals surface area contributed by atoms with E-state index in [2.05, 4.69) is 12.2 Å².